The van der Waals surface area contributed by atoms with Crippen LogP contribution in [0.15, 0.2) is 18.2 Å². The lowest BCUT2D eigenvalue weighted by molar-refractivity contribution is -0.117. The molecule has 0 aliphatic heterocycles. The number of benzene rings is 1. The van der Waals surface area contributed by atoms with Crippen molar-refractivity contribution in [1.82, 2.24) is 5.32 Å². The van der Waals surface area contributed by atoms with E-state index >= 15 is 0 Å². The van der Waals surface area contributed by atoms with Gasteiger partial charge in [0.25, 0.3) is 0 Å². The van der Waals surface area contributed by atoms with Crippen molar-refractivity contribution in [3.05, 3.63) is 23.2 Å². The Morgan fingerprint density at radius 2 is 2.11 bits per heavy atom. The number of amides is 3. The molecular formula is C11H14ClN3O3. The molecule has 1 aromatic rings. The minimum absolute atomic E-state index is 0.380. The number of methoxy groups -OCH3 is 1. The molecule has 0 saturated heterocycles. The first-order valence-electron chi connectivity index (χ1n) is 5.14. The zero-order valence-corrected chi connectivity index (χ0v) is 10.7. The quantitative estimate of drug-likeness (QED) is 0.771. The van der Waals surface area contributed by atoms with Crippen LogP contribution in [-0.2, 0) is 4.79 Å². The Hall–Kier alpha value is -1.95. The number of nitrogens with two attached hydrogens (primary N) is 1. The Bertz CT molecular complexity index is 465. The van der Waals surface area contributed by atoms with Crippen molar-refractivity contribution in [2.75, 3.05) is 12.4 Å². The number of primary amides is 1. The summed E-state index contributed by atoms with van der Waals surface area (Å²) in [7, 11) is 1.50. The first-order chi connectivity index (χ1) is 8.43. The van der Waals surface area contributed by atoms with Crippen molar-refractivity contribution in [1.29, 1.82) is 0 Å². The Labute approximate surface area is 109 Å². The van der Waals surface area contributed by atoms with Gasteiger partial charge in [-0.2, -0.15) is 0 Å². The predicted molar refractivity (Wildman–Crippen MR) is 68.8 cm³/mol. The summed E-state index contributed by atoms with van der Waals surface area (Å²) in [6.07, 6.45) is 0. The molecule has 0 spiro atoms. The van der Waals surface area contributed by atoms with Crippen LogP contribution in [0.5, 0.6) is 5.75 Å². The van der Waals surface area contributed by atoms with E-state index in [0.29, 0.717) is 16.5 Å². The standard InChI is InChI=1S/C11H14ClN3O3/c1-6(14-11(13)17)10(16)15-7-3-4-9(18-2)8(12)5-7/h3-6H,1-2H3,(H,15,16)(H3,13,14,17). The van der Waals surface area contributed by atoms with E-state index in [0.717, 1.165) is 0 Å². The summed E-state index contributed by atoms with van der Waals surface area (Å²) < 4.78 is 4.99. The van der Waals surface area contributed by atoms with Gasteiger partial charge in [-0.05, 0) is 25.1 Å². The monoisotopic (exact) mass is 271 g/mol. The van der Waals surface area contributed by atoms with Crippen molar-refractivity contribution in [3.8, 4) is 5.75 Å². The van der Waals surface area contributed by atoms with Crippen molar-refractivity contribution < 1.29 is 14.3 Å². The van der Waals surface area contributed by atoms with E-state index in [1.54, 1.807) is 18.2 Å². The Morgan fingerprint density at radius 1 is 1.44 bits per heavy atom. The van der Waals surface area contributed by atoms with Gasteiger partial charge in [-0.25, -0.2) is 4.79 Å². The maximum Gasteiger partial charge on any atom is 0.312 e. The number of carbonyl (C=O) groups is 2. The fraction of sp³-hybridized carbons (Fsp3) is 0.273. The van der Waals surface area contributed by atoms with E-state index < -0.39 is 18.0 Å². The molecule has 1 aromatic carbocycles. The third-order valence-electron chi connectivity index (χ3n) is 2.17. The van der Waals surface area contributed by atoms with Gasteiger partial charge in [-0.3, -0.25) is 4.79 Å². The maximum absolute atomic E-state index is 11.7. The lowest BCUT2D eigenvalue weighted by Crippen LogP contribution is -2.44. The molecule has 0 aromatic heterocycles. The highest BCUT2D eigenvalue weighted by Gasteiger charge is 2.14. The molecule has 4 N–H and O–H groups in total. The summed E-state index contributed by atoms with van der Waals surface area (Å²) in [6, 6.07) is 3.33. The molecule has 0 aliphatic carbocycles. The summed E-state index contributed by atoms with van der Waals surface area (Å²) >= 11 is 5.91. The smallest absolute Gasteiger partial charge is 0.312 e. The Kier molecular flexibility index (Phi) is 4.79. The topological polar surface area (TPSA) is 93.4 Å². The van der Waals surface area contributed by atoms with Gasteiger partial charge in [-0.1, -0.05) is 11.6 Å². The molecule has 7 heteroatoms. The number of urea groups is 1. The highest BCUT2D eigenvalue weighted by atomic mass is 35.5. The normalized spacial score (nSPS) is 11.5. The van der Waals surface area contributed by atoms with Crippen LogP contribution in [0.25, 0.3) is 0 Å². The average molecular weight is 272 g/mol. The van der Waals surface area contributed by atoms with Crippen LogP contribution in [0.4, 0.5) is 10.5 Å². The fourth-order valence-corrected chi connectivity index (χ4v) is 1.53. The van der Waals surface area contributed by atoms with Gasteiger partial charge in [0.1, 0.15) is 11.8 Å². The lowest BCUT2D eigenvalue weighted by Gasteiger charge is -2.13. The second-order valence-electron chi connectivity index (χ2n) is 3.57. The first kappa shape index (κ1) is 14.1. The average Bonchev–Trinajstić information content (AvgIpc) is 2.28. The third kappa shape index (κ3) is 3.81. The number of hydrogen-bond acceptors (Lipinski definition) is 3. The molecule has 0 aliphatic rings. The number of halogens is 1. The molecule has 1 unspecified atom stereocenters. The van der Waals surface area contributed by atoms with Crippen LogP contribution in [0.2, 0.25) is 5.02 Å². The second-order valence-corrected chi connectivity index (χ2v) is 3.98. The largest absolute Gasteiger partial charge is 0.495 e. The highest BCUT2D eigenvalue weighted by Crippen LogP contribution is 2.27. The lowest BCUT2D eigenvalue weighted by atomic mass is 10.2. The van der Waals surface area contributed by atoms with E-state index in [-0.39, 0.29) is 0 Å². The summed E-state index contributed by atoms with van der Waals surface area (Å²) in [5.74, 6) is 0.119. The van der Waals surface area contributed by atoms with Gasteiger partial charge >= 0.3 is 6.03 Å². The predicted octanol–water partition coefficient (Wildman–Crippen LogP) is 1.34. The number of hydrogen-bond donors (Lipinski definition) is 3. The molecule has 18 heavy (non-hydrogen) atoms. The van der Waals surface area contributed by atoms with Crippen molar-refractivity contribution in [2.45, 2.75) is 13.0 Å². The number of ether oxygens (including phenoxy) is 1. The van der Waals surface area contributed by atoms with Gasteiger partial charge in [0, 0.05) is 5.69 Å². The minimum Gasteiger partial charge on any atom is -0.495 e. The van der Waals surface area contributed by atoms with Crippen LogP contribution in [0, 0.1) is 0 Å². The van der Waals surface area contributed by atoms with E-state index in [9.17, 15) is 9.59 Å². The van der Waals surface area contributed by atoms with Crippen LogP contribution in [0.3, 0.4) is 0 Å². The summed E-state index contributed by atoms with van der Waals surface area (Å²) in [6.45, 7) is 1.52. The molecule has 1 atom stereocenters. The number of rotatable bonds is 4. The molecule has 0 bridgehead atoms. The summed E-state index contributed by atoms with van der Waals surface area (Å²) in [5.41, 5.74) is 5.42. The molecule has 0 saturated carbocycles. The first-order valence-corrected chi connectivity index (χ1v) is 5.52. The maximum atomic E-state index is 11.7. The molecule has 98 valence electrons. The summed E-state index contributed by atoms with van der Waals surface area (Å²) in [4.78, 5) is 22.3. The third-order valence-corrected chi connectivity index (χ3v) is 2.47. The van der Waals surface area contributed by atoms with E-state index in [1.165, 1.54) is 14.0 Å². The molecule has 6 nitrogen and oxygen atoms in total. The van der Waals surface area contributed by atoms with Crippen LogP contribution >= 0.6 is 11.6 Å². The van der Waals surface area contributed by atoms with E-state index in [4.69, 9.17) is 22.1 Å². The minimum atomic E-state index is -0.759. The van der Waals surface area contributed by atoms with Crippen LogP contribution in [-0.4, -0.2) is 25.1 Å². The second kappa shape index (κ2) is 6.11. The van der Waals surface area contributed by atoms with Gasteiger partial charge in [0.05, 0.1) is 12.1 Å². The van der Waals surface area contributed by atoms with Crippen molar-refractivity contribution >= 4 is 29.2 Å². The van der Waals surface area contributed by atoms with Crippen molar-refractivity contribution in [2.24, 2.45) is 5.73 Å². The van der Waals surface area contributed by atoms with Gasteiger partial charge < -0.3 is 21.1 Å². The number of nitrogens with one attached hydrogen (secondary N) is 2. The Balaban J connectivity index is 2.70. The van der Waals surface area contributed by atoms with E-state index in [1.807, 2.05) is 0 Å². The number of anilines is 1. The molecule has 3 amide bonds. The van der Waals surface area contributed by atoms with Gasteiger partial charge in [-0.15, -0.1) is 0 Å². The van der Waals surface area contributed by atoms with Crippen LogP contribution < -0.4 is 21.1 Å². The highest BCUT2D eigenvalue weighted by molar-refractivity contribution is 6.32. The molecule has 0 fully saturated rings. The SMILES string of the molecule is COc1ccc(NC(=O)C(C)NC(N)=O)cc1Cl. The number of carbonyl (C=O) groups excluding carboxylic acids is 2. The molecule has 0 heterocycles. The van der Waals surface area contributed by atoms with E-state index in [2.05, 4.69) is 10.6 Å². The molecule has 1 rings (SSSR count). The van der Waals surface area contributed by atoms with Crippen molar-refractivity contribution in [3.63, 3.8) is 0 Å². The van der Waals surface area contributed by atoms with Gasteiger partial charge in [0.15, 0.2) is 0 Å². The zero-order chi connectivity index (χ0) is 13.7. The fourth-order valence-electron chi connectivity index (χ4n) is 1.27. The zero-order valence-electron chi connectivity index (χ0n) is 9.99. The molecular weight excluding hydrogens is 258 g/mol. The Morgan fingerprint density at radius 3 is 2.61 bits per heavy atom. The van der Waals surface area contributed by atoms with Gasteiger partial charge in [0.2, 0.25) is 5.91 Å². The summed E-state index contributed by atoms with van der Waals surface area (Å²) in [5, 5.41) is 5.24. The van der Waals surface area contributed by atoms with Crippen LogP contribution in [0.1, 0.15) is 6.92 Å². The molecule has 0 radical (unpaired) electrons.